The number of carbonyl (C=O) groups excluding carboxylic acids is 1. The van der Waals surface area contributed by atoms with Gasteiger partial charge in [-0.25, -0.2) is 4.39 Å². The number of rotatable bonds is 3. The van der Waals surface area contributed by atoms with Gasteiger partial charge < -0.3 is 4.90 Å². The van der Waals surface area contributed by atoms with Crippen LogP contribution in [0.15, 0.2) is 18.2 Å². The first kappa shape index (κ1) is 17.9. The van der Waals surface area contributed by atoms with E-state index in [-0.39, 0.29) is 16.8 Å². The van der Waals surface area contributed by atoms with E-state index in [4.69, 9.17) is 11.6 Å². The summed E-state index contributed by atoms with van der Waals surface area (Å²) in [6.07, 6.45) is 6.93. The van der Waals surface area contributed by atoms with E-state index < -0.39 is 5.82 Å². The van der Waals surface area contributed by atoms with E-state index >= 15 is 0 Å². The highest BCUT2D eigenvalue weighted by atomic mass is 35.5. The zero-order valence-corrected chi connectivity index (χ0v) is 16.0. The molecule has 1 atom stereocenters. The van der Waals surface area contributed by atoms with Gasteiger partial charge in [-0.3, -0.25) is 4.79 Å². The van der Waals surface area contributed by atoms with Crippen molar-refractivity contribution in [1.29, 1.82) is 0 Å². The lowest BCUT2D eigenvalue weighted by Crippen LogP contribution is -2.39. The van der Waals surface area contributed by atoms with Crippen LogP contribution in [0.3, 0.4) is 0 Å². The van der Waals surface area contributed by atoms with E-state index in [0.29, 0.717) is 24.6 Å². The number of hydrogen-bond donors (Lipinski definition) is 0. The van der Waals surface area contributed by atoms with E-state index in [0.717, 1.165) is 22.9 Å². The molecule has 2 aromatic rings. The number of likely N-dealkylation sites (tertiary alicyclic amines) is 1. The molecule has 1 aromatic heterocycles. The van der Waals surface area contributed by atoms with Crippen molar-refractivity contribution in [3.8, 4) is 0 Å². The topological polar surface area (TPSA) is 46.1 Å². The summed E-state index contributed by atoms with van der Waals surface area (Å²) in [5.41, 5.74) is 0.359. The second kappa shape index (κ2) is 7.61. The molecule has 0 radical (unpaired) electrons. The minimum Gasteiger partial charge on any atom is -0.338 e. The normalized spacial score (nSPS) is 21.3. The van der Waals surface area contributed by atoms with Crippen molar-refractivity contribution in [3.05, 3.63) is 44.6 Å². The van der Waals surface area contributed by atoms with Gasteiger partial charge in [0.2, 0.25) is 0 Å². The fraction of sp³-hybridized carbons (Fsp3) is 0.526. The molecule has 1 saturated heterocycles. The van der Waals surface area contributed by atoms with Gasteiger partial charge in [0, 0.05) is 24.9 Å². The van der Waals surface area contributed by atoms with Crippen molar-refractivity contribution in [2.24, 2.45) is 0 Å². The van der Waals surface area contributed by atoms with Gasteiger partial charge >= 0.3 is 0 Å². The average Bonchev–Trinajstić information content (AvgIpc) is 3.33. The Bertz CT molecular complexity index is 806. The third kappa shape index (κ3) is 3.62. The van der Waals surface area contributed by atoms with Crippen LogP contribution in [0.25, 0.3) is 0 Å². The summed E-state index contributed by atoms with van der Waals surface area (Å²) in [4.78, 5) is 14.6. The van der Waals surface area contributed by atoms with E-state index in [9.17, 15) is 9.18 Å². The molecule has 1 amide bonds. The summed E-state index contributed by atoms with van der Waals surface area (Å²) in [6.45, 7) is 1.31. The van der Waals surface area contributed by atoms with Gasteiger partial charge in [0.25, 0.3) is 5.91 Å². The van der Waals surface area contributed by atoms with Crippen molar-refractivity contribution in [2.75, 3.05) is 13.1 Å². The Hall–Kier alpha value is -1.53. The second-order valence-corrected chi connectivity index (χ2v) is 8.62. The first-order valence-electron chi connectivity index (χ1n) is 9.19. The van der Waals surface area contributed by atoms with Gasteiger partial charge in [-0.15, -0.1) is 21.5 Å². The summed E-state index contributed by atoms with van der Waals surface area (Å²) in [5.74, 6) is 0.219. The molecule has 7 heteroatoms. The van der Waals surface area contributed by atoms with E-state index in [1.54, 1.807) is 11.3 Å². The molecule has 26 heavy (non-hydrogen) atoms. The molecule has 0 N–H and O–H groups in total. The fourth-order valence-electron chi connectivity index (χ4n) is 3.95. The van der Waals surface area contributed by atoms with Crippen molar-refractivity contribution in [1.82, 2.24) is 15.1 Å². The number of piperidine rings is 1. The SMILES string of the molecule is O=C(c1ccc(F)cc1Cl)N1CCCC(c2nnc(C3CCCC3)s2)C1. The number of carbonyl (C=O) groups is 1. The molecule has 0 spiro atoms. The minimum atomic E-state index is -0.434. The van der Waals surface area contributed by atoms with Gasteiger partial charge in [-0.1, -0.05) is 24.4 Å². The Morgan fingerprint density at radius 1 is 1.12 bits per heavy atom. The van der Waals surface area contributed by atoms with Crippen LogP contribution in [0.4, 0.5) is 4.39 Å². The van der Waals surface area contributed by atoms with Gasteiger partial charge in [-0.05, 0) is 43.9 Å². The lowest BCUT2D eigenvalue weighted by molar-refractivity contribution is 0.0707. The highest BCUT2D eigenvalue weighted by Crippen LogP contribution is 2.38. The lowest BCUT2D eigenvalue weighted by atomic mass is 9.98. The van der Waals surface area contributed by atoms with Crippen LogP contribution in [0.2, 0.25) is 5.02 Å². The molecule has 4 rings (SSSR count). The molecular formula is C19H21ClFN3OS. The maximum atomic E-state index is 13.2. The van der Waals surface area contributed by atoms with Crippen molar-refractivity contribution < 1.29 is 9.18 Å². The first-order valence-corrected chi connectivity index (χ1v) is 10.4. The Balaban J connectivity index is 1.48. The first-order chi connectivity index (χ1) is 12.6. The quantitative estimate of drug-likeness (QED) is 0.736. The number of amides is 1. The highest BCUT2D eigenvalue weighted by molar-refractivity contribution is 7.11. The summed E-state index contributed by atoms with van der Waals surface area (Å²) < 4.78 is 13.2. The fourth-order valence-corrected chi connectivity index (χ4v) is 5.33. The molecule has 1 aliphatic heterocycles. The number of aromatic nitrogens is 2. The third-order valence-corrected chi connectivity index (χ3v) is 6.94. The monoisotopic (exact) mass is 393 g/mol. The van der Waals surface area contributed by atoms with Crippen LogP contribution < -0.4 is 0 Å². The molecule has 2 aliphatic rings. The molecule has 1 aliphatic carbocycles. The molecule has 1 aromatic carbocycles. The van der Waals surface area contributed by atoms with E-state index in [1.165, 1.54) is 43.9 Å². The molecule has 2 heterocycles. The smallest absolute Gasteiger partial charge is 0.255 e. The van der Waals surface area contributed by atoms with Crippen molar-refractivity contribution in [2.45, 2.75) is 50.4 Å². The standard InChI is InChI=1S/C19H21ClFN3OS/c20-16-10-14(21)7-8-15(16)19(25)24-9-3-6-13(11-24)18-23-22-17(26-18)12-4-1-2-5-12/h7-8,10,12-13H,1-6,9,11H2. The minimum absolute atomic E-state index is 0.139. The molecule has 2 fully saturated rings. The summed E-state index contributed by atoms with van der Waals surface area (Å²) in [7, 11) is 0. The third-order valence-electron chi connectivity index (χ3n) is 5.38. The number of benzene rings is 1. The molecular weight excluding hydrogens is 373 g/mol. The molecule has 0 bridgehead atoms. The Labute approximate surface area is 161 Å². The molecule has 4 nitrogen and oxygen atoms in total. The zero-order valence-electron chi connectivity index (χ0n) is 14.5. The van der Waals surface area contributed by atoms with Gasteiger partial charge in [0.05, 0.1) is 10.6 Å². The highest BCUT2D eigenvalue weighted by Gasteiger charge is 2.30. The predicted molar refractivity (Wildman–Crippen MR) is 100 cm³/mol. The maximum absolute atomic E-state index is 13.2. The second-order valence-electron chi connectivity index (χ2n) is 7.17. The average molecular weight is 394 g/mol. The van der Waals surface area contributed by atoms with Crippen LogP contribution in [0, 0.1) is 5.82 Å². The van der Waals surface area contributed by atoms with Crippen molar-refractivity contribution >= 4 is 28.8 Å². The number of hydrogen-bond acceptors (Lipinski definition) is 4. The predicted octanol–water partition coefficient (Wildman–Crippen LogP) is 5.01. The zero-order chi connectivity index (χ0) is 18.1. The van der Waals surface area contributed by atoms with Crippen LogP contribution >= 0.6 is 22.9 Å². The van der Waals surface area contributed by atoms with Gasteiger partial charge in [-0.2, -0.15) is 0 Å². The number of nitrogens with zero attached hydrogens (tertiary/aromatic N) is 3. The largest absolute Gasteiger partial charge is 0.338 e. The van der Waals surface area contributed by atoms with Crippen molar-refractivity contribution in [3.63, 3.8) is 0 Å². The van der Waals surface area contributed by atoms with E-state index in [2.05, 4.69) is 10.2 Å². The van der Waals surface area contributed by atoms with Crippen LogP contribution in [-0.4, -0.2) is 34.1 Å². The number of halogens is 2. The van der Waals surface area contributed by atoms with E-state index in [1.807, 2.05) is 4.90 Å². The van der Waals surface area contributed by atoms with Crippen LogP contribution in [-0.2, 0) is 0 Å². The van der Waals surface area contributed by atoms with Crippen LogP contribution in [0.1, 0.15) is 70.7 Å². The molecule has 138 valence electrons. The van der Waals surface area contributed by atoms with Crippen LogP contribution in [0.5, 0.6) is 0 Å². The Morgan fingerprint density at radius 2 is 1.81 bits per heavy atom. The Kier molecular flexibility index (Phi) is 5.23. The van der Waals surface area contributed by atoms with Gasteiger partial charge in [0.1, 0.15) is 15.8 Å². The summed E-state index contributed by atoms with van der Waals surface area (Å²) in [6, 6.07) is 3.93. The molecule has 1 unspecified atom stereocenters. The summed E-state index contributed by atoms with van der Waals surface area (Å²) in [5, 5.41) is 11.2. The molecule has 1 saturated carbocycles. The maximum Gasteiger partial charge on any atom is 0.255 e. The Morgan fingerprint density at radius 3 is 2.54 bits per heavy atom. The lowest BCUT2D eigenvalue weighted by Gasteiger charge is -2.31. The van der Waals surface area contributed by atoms with Gasteiger partial charge in [0.15, 0.2) is 0 Å². The summed E-state index contributed by atoms with van der Waals surface area (Å²) >= 11 is 7.78.